The van der Waals surface area contributed by atoms with E-state index in [9.17, 15) is 14.0 Å². The number of imide groups is 1. The highest BCUT2D eigenvalue weighted by atomic mass is 79.9. The van der Waals surface area contributed by atoms with E-state index in [-0.39, 0.29) is 29.1 Å². The minimum atomic E-state index is -0.405. The predicted molar refractivity (Wildman–Crippen MR) is 139 cm³/mol. The molecule has 35 heavy (non-hydrogen) atoms. The van der Waals surface area contributed by atoms with Gasteiger partial charge in [0.2, 0.25) is 0 Å². The van der Waals surface area contributed by atoms with Gasteiger partial charge in [0.15, 0.2) is 11.5 Å². The minimum absolute atomic E-state index is 0.0744. The van der Waals surface area contributed by atoms with Gasteiger partial charge in [-0.3, -0.25) is 14.5 Å². The summed E-state index contributed by atoms with van der Waals surface area (Å²) in [5, 5.41) is 0.226. The summed E-state index contributed by atoms with van der Waals surface area (Å²) in [6.45, 7) is 2.59. The largest absolute Gasteiger partial charge is 0.490 e. The van der Waals surface area contributed by atoms with Crippen molar-refractivity contribution in [3.63, 3.8) is 0 Å². The highest BCUT2D eigenvalue weighted by Crippen LogP contribution is 2.40. The number of hydrogen-bond acceptors (Lipinski definition) is 5. The fourth-order valence-corrected chi connectivity index (χ4v) is 5.00. The lowest BCUT2D eigenvalue weighted by Gasteiger charge is -2.15. The maximum absolute atomic E-state index is 13.2. The lowest BCUT2D eigenvalue weighted by Crippen LogP contribution is -2.27. The number of carbonyl (C=O) groups is 2. The number of nitrogens with zero attached hydrogens (tertiary/aromatic N) is 1. The van der Waals surface area contributed by atoms with Gasteiger partial charge in [0.25, 0.3) is 11.1 Å². The zero-order chi connectivity index (χ0) is 24.9. The van der Waals surface area contributed by atoms with Crippen LogP contribution in [-0.2, 0) is 17.9 Å². The molecule has 180 valence electrons. The molecule has 0 aliphatic carbocycles. The molecule has 0 spiro atoms. The van der Waals surface area contributed by atoms with Crippen LogP contribution in [0.3, 0.4) is 0 Å². The summed E-state index contributed by atoms with van der Waals surface area (Å²) in [7, 11) is 0. The van der Waals surface area contributed by atoms with Crippen LogP contribution >= 0.6 is 39.3 Å². The lowest BCUT2D eigenvalue weighted by molar-refractivity contribution is -0.123. The van der Waals surface area contributed by atoms with E-state index in [1.807, 2.05) is 25.1 Å². The maximum atomic E-state index is 13.2. The van der Waals surface area contributed by atoms with Crippen LogP contribution in [0.4, 0.5) is 9.18 Å². The van der Waals surface area contributed by atoms with E-state index in [0.717, 1.165) is 22.2 Å². The Bertz CT molecular complexity index is 1300. The number of carbonyl (C=O) groups excluding carboxylic acids is 2. The van der Waals surface area contributed by atoms with Crippen LogP contribution in [0.5, 0.6) is 11.5 Å². The van der Waals surface area contributed by atoms with Gasteiger partial charge in [-0.2, -0.15) is 0 Å². The zero-order valence-electron chi connectivity index (χ0n) is 18.6. The molecule has 1 aliphatic heterocycles. The van der Waals surface area contributed by atoms with Gasteiger partial charge in [0.05, 0.1) is 22.5 Å². The van der Waals surface area contributed by atoms with Crippen molar-refractivity contribution in [2.75, 3.05) is 6.61 Å². The molecular formula is C26H20BrClFNO4S. The van der Waals surface area contributed by atoms with E-state index in [1.165, 1.54) is 12.1 Å². The number of hydrogen-bond donors (Lipinski definition) is 0. The quantitative estimate of drug-likeness (QED) is 0.261. The summed E-state index contributed by atoms with van der Waals surface area (Å²) in [5.41, 5.74) is 2.16. The van der Waals surface area contributed by atoms with Gasteiger partial charge in [0.1, 0.15) is 12.4 Å². The van der Waals surface area contributed by atoms with Gasteiger partial charge in [-0.25, -0.2) is 4.39 Å². The Morgan fingerprint density at radius 2 is 1.83 bits per heavy atom. The number of benzene rings is 3. The van der Waals surface area contributed by atoms with Gasteiger partial charge in [-0.1, -0.05) is 41.9 Å². The highest BCUT2D eigenvalue weighted by molar-refractivity contribution is 9.10. The van der Waals surface area contributed by atoms with Gasteiger partial charge in [-0.15, -0.1) is 0 Å². The fourth-order valence-electron chi connectivity index (χ4n) is 3.40. The number of ether oxygens (including phenoxy) is 2. The molecule has 0 N–H and O–H groups in total. The molecule has 0 atom stereocenters. The summed E-state index contributed by atoms with van der Waals surface area (Å²) in [6, 6.07) is 16.7. The first-order valence-corrected chi connectivity index (χ1v) is 12.7. The van der Waals surface area contributed by atoms with Gasteiger partial charge < -0.3 is 9.47 Å². The van der Waals surface area contributed by atoms with Crippen LogP contribution < -0.4 is 9.47 Å². The third-order valence-electron chi connectivity index (χ3n) is 5.09. The smallest absolute Gasteiger partial charge is 0.293 e. The first-order chi connectivity index (χ1) is 16.9. The van der Waals surface area contributed by atoms with Gasteiger partial charge >= 0.3 is 0 Å². The molecule has 1 heterocycles. The van der Waals surface area contributed by atoms with E-state index in [2.05, 4.69) is 15.9 Å². The number of halogens is 3. The molecule has 0 unspecified atom stereocenters. The molecule has 5 nitrogen and oxygen atoms in total. The molecule has 0 saturated carbocycles. The van der Waals surface area contributed by atoms with Crippen LogP contribution in [0, 0.1) is 5.82 Å². The third-order valence-corrected chi connectivity index (χ3v) is 6.95. The highest BCUT2D eigenvalue weighted by Gasteiger charge is 2.35. The second-order valence-electron chi connectivity index (χ2n) is 7.54. The normalized spacial score (nSPS) is 14.6. The van der Waals surface area contributed by atoms with Crippen molar-refractivity contribution >= 4 is 56.5 Å². The molecule has 3 aromatic carbocycles. The first kappa shape index (κ1) is 25.3. The van der Waals surface area contributed by atoms with Crippen LogP contribution in [0.15, 0.2) is 70.0 Å². The molecule has 2 amide bonds. The summed E-state index contributed by atoms with van der Waals surface area (Å²) < 4.78 is 25.6. The van der Waals surface area contributed by atoms with Crippen molar-refractivity contribution < 1.29 is 23.5 Å². The monoisotopic (exact) mass is 575 g/mol. The molecule has 9 heteroatoms. The Labute approximate surface area is 220 Å². The van der Waals surface area contributed by atoms with Crippen molar-refractivity contribution in [3.05, 3.63) is 97.6 Å². The minimum Gasteiger partial charge on any atom is -0.490 e. The Morgan fingerprint density at radius 3 is 2.54 bits per heavy atom. The second-order valence-corrected chi connectivity index (χ2v) is 9.79. The van der Waals surface area contributed by atoms with E-state index in [1.54, 1.807) is 36.4 Å². The van der Waals surface area contributed by atoms with Crippen molar-refractivity contribution in [2.24, 2.45) is 0 Å². The SMILES string of the molecule is CCOc1cc(/C=C2\SC(=O)N(Cc3ccc(F)cc3)C2=O)cc(Br)c1OCc1ccccc1Cl. The number of thioether (sulfide) groups is 1. The predicted octanol–water partition coefficient (Wildman–Crippen LogP) is 7.46. The molecule has 0 aromatic heterocycles. The van der Waals surface area contributed by atoms with E-state index < -0.39 is 5.91 Å². The van der Waals surface area contributed by atoms with Crippen LogP contribution in [0.2, 0.25) is 5.02 Å². The number of amides is 2. The molecule has 0 bridgehead atoms. The van der Waals surface area contributed by atoms with Crippen molar-refractivity contribution in [3.8, 4) is 11.5 Å². The van der Waals surface area contributed by atoms with Crippen LogP contribution in [0.1, 0.15) is 23.6 Å². The average Bonchev–Trinajstić information content (AvgIpc) is 3.08. The van der Waals surface area contributed by atoms with Crippen LogP contribution in [0.25, 0.3) is 6.08 Å². The van der Waals surface area contributed by atoms with Gasteiger partial charge in [0, 0.05) is 10.6 Å². The third kappa shape index (κ3) is 6.07. The average molecular weight is 577 g/mol. The van der Waals surface area contributed by atoms with Gasteiger partial charge in [-0.05, 0) is 82.2 Å². The van der Waals surface area contributed by atoms with Crippen LogP contribution in [-0.4, -0.2) is 22.7 Å². The molecule has 1 aliphatic rings. The summed E-state index contributed by atoms with van der Waals surface area (Å²) in [5.74, 6) is 0.217. The zero-order valence-corrected chi connectivity index (χ0v) is 21.8. The van der Waals surface area contributed by atoms with E-state index in [4.69, 9.17) is 21.1 Å². The number of rotatable bonds is 8. The Hall–Kier alpha value is -2.81. The van der Waals surface area contributed by atoms with Crippen molar-refractivity contribution in [1.82, 2.24) is 4.90 Å². The topological polar surface area (TPSA) is 55.8 Å². The van der Waals surface area contributed by atoms with Crippen molar-refractivity contribution in [2.45, 2.75) is 20.1 Å². The summed E-state index contributed by atoms with van der Waals surface area (Å²) in [4.78, 5) is 26.8. The molecule has 1 fully saturated rings. The first-order valence-electron chi connectivity index (χ1n) is 10.7. The molecule has 4 rings (SSSR count). The molecule has 0 radical (unpaired) electrons. The Balaban J connectivity index is 1.55. The Kier molecular flexibility index (Phi) is 8.15. The summed E-state index contributed by atoms with van der Waals surface area (Å²) in [6.07, 6.45) is 1.64. The van der Waals surface area contributed by atoms with E-state index in [0.29, 0.717) is 38.7 Å². The summed E-state index contributed by atoms with van der Waals surface area (Å²) >= 11 is 10.6. The molecular weight excluding hydrogens is 557 g/mol. The van der Waals surface area contributed by atoms with Crippen molar-refractivity contribution in [1.29, 1.82) is 0 Å². The maximum Gasteiger partial charge on any atom is 0.293 e. The Morgan fingerprint density at radius 1 is 1.09 bits per heavy atom. The van der Waals surface area contributed by atoms with E-state index >= 15 is 0 Å². The molecule has 3 aromatic rings. The fraction of sp³-hybridized carbons (Fsp3) is 0.154. The molecule has 1 saturated heterocycles. The second kappa shape index (κ2) is 11.3. The standard InChI is InChI=1S/C26H20BrClFNO4S/c1-2-33-22-12-17(11-20(27)24(22)34-15-18-5-3-4-6-21(18)28)13-23-25(31)30(26(32)35-23)14-16-7-9-19(29)10-8-16/h3-13H,2,14-15H2,1H3/b23-13-. The lowest BCUT2D eigenvalue weighted by atomic mass is 10.1.